The average molecular weight is 491 g/mol. The highest BCUT2D eigenvalue weighted by Gasteiger charge is 2.30. The van der Waals surface area contributed by atoms with Gasteiger partial charge in [-0.2, -0.15) is 0 Å². The van der Waals surface area contributed by atoms with Crippen LogP contribution in [0.15, 0.2) is 24.5 Å². The molecule has 33 heavy (non-hydrogen) atoms. The van der Waals surface area contributed by atoms with Crippen molar-refractivity contribution in [2.45, 2.75) is 58.1 Å². The molecular weight excluding hydrogens is 459 g/mol. The number of rotatable bonds is 6. The Labute approximate surface area is 206 Å². The van der Waals surface area contributed by atoms with Crippen molar-refractivity contribution < 1.29 is 9.53 Å². The number of ether oxygens (including phenoxy) is 1. The van der Waals surface area contributed by atoms with E-state index in [4.69, 9.17) is 27.9 Å². The Kier molecular flexibility index (Phi) is 8.23. The highest BCUT2D eigenvalue weighted by molar-refractivity contribution is 6.42. The van der Waals surface area contributed by atoms with Crippen LogP contribution in [0.4, 0.5) is 0 Å². The van der Waals surface area contributed by atoms with Gasteiger partial charge in [0.25, 0.3) is 5.91 Å². The van der Waals surface area contributed by atoms with E-state index >= 15 is 0 Å². The van der Waals surface area contributed by atoms with Crippen molar-refractivity contribution in [3.05, 3.63) is 57.1 Å². The van der Waals surface area contributed by atoms with Crippen LogP contribution < -0.4 is 0 Å². The smallest absolute Gasteiger partial charge is 0.272 e. The molecule has 3 heterocycles. The van der Waals surface area contributed by atoms with Crippen molar-refractivity contribution in [1.82, 2.24) is 19.8 Å². The van der Waals surface area contributed by atoms with Gasteiger partial charge in [-0.1, -0.05) is 29.3 Å². The molecular formula is C25H32Cl2N4O2. The van der Waals surface area contributed by atoms with Gasteiger partial charge in [0, 0.05) is 43.5 Å². The van der Waals surface area contributed by atoms with Gasteiger partial charge in [-0.25, -0.2) is 9.97 Å². The Morgan fingerprint density at radius 2 is 1.91 bits per heavy atom. The number of halogens is 2. The third-order valence-electron chi connectivity index (χ3n) is 6.79. The molecule has 1 unspecified atom stereocenters. The second kappa shape index (κ2) is 11.1. The van der Waals surface area contributed by atoms with Gasteiger partial charge in [-0.3, -0.25) is 9.69 Å². The summed E-state index contributed by atoms with van der Waals surface area (Å²) in [5.41, 5.74) is 3.50. The number of amides is 1. The largest absolute Gasteiger partial charge is 0.376 e. The lowest BCUT2D eigenvalue weighted by molar-refractivity contribution is -0.0424. The molecule has 2 aliphatic heterocycles. The SMILES string of the molecule is Cc1c(CCCc2ccc(Cl)c(Cl)c2)ncnc1C(=O)N1CCC(N2CCOC(C)C2)CC1. The van der Waals surface area contributed by atoms with Crippen LogP contribution in [-0.2, 0) is 17.6 Å². The highest BCUT2D eigenvalue weighted by Crippen LogP contribution is 2.24. The molecule has 4 rings (SSSR count). The molecule has 0 aliphatic carbocycles. The minimum Gasteiger partial charge on any atom is -0.376 e. The first kappa shape index (κ1) is 24.4. The molecule has 2 aliphatic rings. The van der Waals surface area contributed by atoms with E-state index in [-0.39, 0.29) is 12.0 Å². The zero-order valence-corrected chi connectivity index (χ0v) is 20.9. The lowest BCUT2D eigenvalue weighted by Gasteiger charge is -2.41. The van der Waals surface area contributed by atoms with E-state index < -0.39 is 0 Å². The van der Waals surface area contributed by atoms with Crippen molar-refractivity contribution in [1.29, 1.82) is 0 Å². The van der Waals surface area contributed by atoms with E-state index in [9.17, 15) is 4.79 Å². The first-order valence-corrected chi connectivity index (χ1v) is 12.6. The molecule has 8 heteroatoms. The predicted octanol–water partition coefficient (Wildman–Crippen LogP) is 4.59. The fourth-order valence-electron chi connectivity index (χ4n) is 4.87. The van der Waals surface area contributed by atoms with Gasteiger partial charge >= 0.3 is 0 Å². The molecule has 6 nitrogen and oxygen atoms in total. The predicted molar refractivity (Wildman–Crippen MR) is 131 cm³/mol. The number of benzene rings is 1. The summed E-state index contributed by atoms with van der Waals surface area (Å²) in [4.78, 5) is 26.5. The van der Waals surface area contributed by atoms with E-state index in [1.807, 2.05) is 30.0 Å². The number of aromatic nitrogens is 2. The first-order valence-electron chi connectivity index (χ1n) is 11.8. The number of morpholine rings is 1. The van der Waals surface area contributed by atoms with Gasteiger partial charge in [0.2, 0.25) is 0 Å². The summed E-state index contributed by atoms with van der Waals surface area (Å²) in [6, 6.07) is 6.27. The monoisotopic (exact) mass is 490 g/mol. The van der Waals surface area contributed by atoms with Gasteiger partial charge in [0.05, 0.1) is 22.8 Å². The summed E-state index contributed by atoms with van der Waals surface area (Å²) < 4.78 is 5.67. The van der Waals surface area contributed by atoms with Crippen LogP contribution in [0.3, 0.4) is 0 Å². The van der Waals surface area contributed by atoms with Crippen LogP contribution in [-0.4, -0.2) is 70.6 Å². The van der Waals surface area contributed by atoms with Crippen molar-refractivity contribution in [2.24, 2.45) is 0 Å². The Hall–Kier alpha value is -1.73. The quantitative estimate of drug-likeness (QED) is 0.592. The average Bonchev–Trinajstić information content (AvgIpc) is 2.82. The van der Waals surface area contributed by atoms with Gasteiger partial charge in [0.1, 0.15) is 12.0 Å². The third kappa shape index (κ3) is 6.04. The molecule has 1 amide bonds. The molecule has 2 fully saturated rings. The van der Waals surface area contributed by atoms with Crippen LogP contribution in [0.5, 0.6) is 0 Å². The van der Waals surface area contributed by atoms with Crippen molar-refractivity contribution in [3.63, 3.8) is 0 Å². The zero-order chi connectivity index (χ0) is 23.4. The maximum Gasteiger partial charge on any atom is 0.272 e. The molecule has 0 N–H and O–H groups in total. The number of hydrogen-bond donors (Lipinski definition) is 0. The molecule has 0 spiro atoms. The lowest BCUT2D eigenvalue weighted by atomic mass is 10.0. The summed E-state index contributed by atoms with van der Waals surface area (Å²) in [6.45, 7) is 8.40. The molecule has 0 radical (unpaired) electrons. The second-order valence-corrected chi connectivity index (χ2v) is 9.91. The summed E-state index contributed by atoms with van der Waals surface area (Å²) in [5, 5.41) is 1.14. The van der Waals surface area contributed by atoms with E-state index in [2.05, 4.69) is 21.8 Å². The minimum absolute atomic E-state index is 0.0226. The Morgan fingerprint density at radius 1 is 1.12 bits per heavy atom. The second-order valence-electron chi connectivity index (χ2n) is 9.10. The number of piperidine rings is 1. The van der Waals surface area contributed by atoms with E-state index in [1.165, 1.54) is 6.33 Å². The lowest BCUT2D eigenvalue weighted by Crippen LogP contribution is -2.51. The van der Waals surface area contributed by atoms with E-state index in [1.54, 1.807) is 0 Å². The van der Waals surface area contributed by atoms with Crippen LogP contribution in [0.25, 0.3) is 0 Å². The van der Waals surface area contributed by atoms with Gasteiger partial charge in [-0.15, -0.1) is 0 Å². The first-order chi connectivity index (χ1) is 15.9. The van der Waals surface area contributed by atoms with Crippen LogP contribution in [0.2, 0.25) is 10.0 Å². The van der Waals surface area contributed by atoms with Crippen LogP contribution >= 0.6 is 23.2 Å². The summed E-state index contributed by atoms with van der Waals surface area (Å²) in [5.74, 6) is 0.0226. The molecule has 2 saturated heterocycles. The minimum atomic E-state index is 0.0226. The molecule has 1 aromatic carbocycles. The molecule has 178 valence electrons. The maximum atomic E-state index is 13.2. The summed E-state index contributed by atoms with van der Waals surface area (Å²) in [6.07, 6.45) is 6.38. The van der Waals surface area contributed by atoms with Crippen LogP contribution in [0.1, 0.15) is 53.5 Å². The molecule has 1 aromatic heterocycles. The standard InChI is InChI=1S/C25H32Cl2N4O2/c1-17-15-31(12-13-33-17)20-8-10-30(11-9-20)25(32)24-18(2)23(28-16-29-24)5-3-4-19-6-7-21(26)22(27)14-19/h6-7,14,16-17,20H,3-5,8-13,15H2,1-2H3. The molecule has 2 aromatic rings. The Balaban J connectivity index is 1.33. The van der Waals surface area contributed by atoms with E-state index in [0.29, 0.717) is 21.8 Å². The number of hydrogen-bond acceptors (Lipinski definition) is 5. The number of likely N-dealkylation sites (tertiary alicyclic amines) is 1. The van der Waals surface area contributed by atoms with Crippen molar-refractivity contribution in [2.75, 3.05) is 32.8 Å². The number of nitrogens with zero attached hydrogens (tertiary/aromatic N) is 4. The van der Waals surface area contributed by atoms with Gasteiger partial charge in [0.15, 0.2) is 0 Å². The maximum absolute atomic E-state index is 13.2. The molecule has 0 saturated carbocycles. The van der Waals surface area contributed by atoms with Gasteiger partial charge < -0.3 is 9.64 Å². The van der Waals surface area contributed by atoms with Crippen molar-refractivity contribution in [3.8, 4) is 0 Å². The number of carbonyl (C=O) groups is 1. The molecule has 1 atom stereocenters. The number of aryl methyl sites for hydroxylation is 2. The number of carbonyl (C=O) groups excluding carboxylic acids is 1. The van der Waals surface area contributed by atoms with Crippen LogP contribution in [0, 0.1) is 6.92 Å². The fraction of sp³-hybridized carbons (Fsp3) is 0.560. The Bertz CT molecular complexity index is 979. The Morgan fingerprint density at radius 3 is 2.64 bits per heavy atom. The van der Waals surface area contributed by atoms with Crippen molar-refractivity contribution >= 4 is 29.1 Å². The van der Waals surface area contributed by atoms with Gasteiger partial charge in [-0.05, 0) is 63.6 Å². The third-order valence-corrected chi connectivity index (χ3v) is 7.53. The summed E-state index contributed by atoms with van der Waals surface area (Å²) in [7, 11) is 0. The zero-order valence-electron chi connectivity index (χ0n) is 19.4. The topological polar surface area (TPSA) is 58.6 Å². The van der Waals surface area contributed by atoms with E-state index in [0.717, 1.165) is 81.7 Å². The highest BCUT2D eigenvalue weighted by atomic mass is 35.5. The summed E-state index contributed by atoms with van der Waals surface area (Å²) >= 11 is 12.1. The molecule has 0 bridgehead atoms. The normalized spacial score (nSPS) is 20.2. The fourth-order valence-corrected chi connectivity index (χ4v) is 5.19.